The third-order valence-electron chi connectivity index (χ3n) is 3.46. The average molecular weight is 441 g/mol. The van der Waals surface area contributed by atoms with E-state index >= 15 is 0 Å². The molecule has 0 aromatic heterocycles. The molecule has 0 aliphatic carbocycles. The summed E-state index contributed by atoms with van der Waals surface area (Å²) in [6, 6.07) is 0.967. The summed E-state index contributed by atoms with van der Waals surface area (Å²) < 4.78 is 58.4. The Bertz CT molecular complexity index is 780. The molecule has 1 aliphatic heterocycles. The average Bonchev–Trinajstić information content (AvgIpc) is 2.89. The molecule has 2 rings (SSSR count). The third-order valence-corrected chi connectivity index (χ3v) is 5.95. The molecule has 0 radical (unpaired) electrons. The normalized spacial score (nSPS) is 19.0. The minimum absolute atomic E-state index is 0.0178. The van der Waals surface area contributed by atoms with Crippen LogP contribution in [0.1, 0.15) is 27.2 Å². The first-order chi connectivity index (χ1) is 11.4. The molecule has 1 unspecified atom stereocenters. The van der Waals surface area contributed by atoms with Gasteiger partial charge in [0.2, 0.25) is 10.0 Å². The Balaban J connectivity index is 2.11. The van der Waals surface area contributed by atoms with Crippen LogP contribution in [0.4, 0.5) is 13.6 Å². The fourth-order valence-corrected chi connectivity index (χ4v) is 4.45. The molecular weight excluding hydrogens is 422 g/mol. The molecule has 1 saturated heterocycles. The highest BCUT2D eigenvalue weighted by Crippen LogP contribution is 2.28. The minimum atomic E-state index is -4.14. The van der Waals surface area contributed by atoms with Crippen LogP contribution < -0.4 is 5.32 Å². The number of carbonyl (C=O) groups excluding carboxylic acids is 1. The summed E-state index contributed by atoms with van der Waals surface area (Å²) in [7, 11) is -4.14. The summed E-state index contributed by atoms with van der Waals surface area (Å²) in [6.07, 6.45) is -0.282. The van der Waals surface area contributed by atoms with Crippen LogP contribution in [0.5, 0.6) is 0 Å². The fraction of sp³-hybridized carbons (Fsp3) is 0.533. The summed E-state index contributed by atoms with van der Waals surface area (Å²) >= 11 is 2.86. The van der Waals surface area contributed by atoms with E-state index in [9.17, 15) is 22.0 Å². The number of sulfonamides is 1. The lowest BCUT2D eigenvalue weighted by atomic mass is 10.2. The van der Waals surface area contributed by atoms with Crippen LogP contribution in [0.25, 0.3) is 0 Å². The maximum atomic E-state index is 13.9. The molecule has 0 spiro atoms. The molecule has 0 saturated carbocycles. The minimum Gasteiger partial charge on any atom is -0.444 e. The molecule has 1 aromatic carbocycles. The Kier molecular flexibility index (Phi) is 5.75. The van der Waals surface area contributed by atoms with E-state index in [1.54, 1.807) is 20.8 Å². The summed E-state index contributed by atoms with van der Waals surface area (Å²) in [5.74, 6) is -2.05. The second-order valence-corrected chi connectivity index (χ2v) is 9.45. The van der Waals surface area contributed by atoms with Gasteiger partial charge in [0.1, 0.15) is 22.1 Å². The van der Waals surface area contributed by atoms with Gasteiger partial charge in [0.25, 0.3) is 0 Å². The van der Waals surface area contributed by atoms with Crippen LogP contribution >= 0.6 is 15.9 Å². The van der Waals surface area contributed by atoms with Gasteiger partial charge in [-0.15, -0.1) is 0 Å². The molecule has 1 amide bonds. The number of carbonyl (C=O) groups is 1. The maximum Gasteiger partial charge on any atom is 0.407 e. The first kappa shape index (κ1) is 20.1. The predicted molar refractivity (Wildman–Crippen MR) is 90.6 cm³/mol. The van der Waals surface area contributed by atoms with Crippen LogP contribution in [0.15, 0.2) is 21.5 Å². The second kappa shape index (κ2) is 7.16. The molecule has 1 N–H and O–H groups in total. The van der Waals surface area contributed by atoms with Crippen molar-refractivity contribution in [3.05, 3.63) is 28.2 Å². The van der Waals surface area contributed by atoms with E-state index in [4.69, 9.17) is 4.74 Å². The largest absolute Gasteiger partial charge is 0.444 e. The van der Waals surface area contributed by atoms with Crippen molar-refractivity contribution in [3.63, 3.8) is 0 Å². The predicted octanol–water partition coefficient (Wildman–Crippen LogP) is 3.02. The Morgan fingerprint density at radius 3 is 2.56 bits per heavy atom. The molecule has 0 bridgehead atoms. The summed E-state index contributed by atoms with van der Waals surface area (Å²) in [5.41, 5.74) is -0.669. The molecule has 6 nitrogen and oxygen atoms in total. The highest BCUT2D eigenvalue weighted by Gasteiger charge is 2.35. The van der Waals surface area contributed by atoms with Gasteiger partial charge in [-0.05, 0) is 49.2 Å². The van der Waals surface area contributed by atoms with Crippen LogP contribution in [-0.2, 0) is 14.8 Å². The zero-order valence-electron chi connectivity index (χ0n) is 14.0. The van der Waals surface area contributed by atoms with Gasteiger partial charge in [-0.25, -0.2) is 22.0 Å². The smallest absolute Gasteiger partial charge is 0.407 e. The van der Waals surface area contributed by atoms with Crippen molar-refractivity contribution in [2.75, 3.05) is 13.1 Å². The number of nitrogens with zero attached hydrogens (tertiary/aromatic N) is 1. The lowest BCUT2D eigenvalue weighted by molar-refractivity contribution is 0.0507. The molecule has 1 atom stereocenters. The molecule has 10 heteroatoms. The zero-order valence-corrected chi connectivity index (χ0v) is 16.4. The van der Waals surface area contributed by atoms with E-state index in [2.05, 4.69) is 21.2 Å². The number of hydrogen-bond acceptors (Lipinski definition) is 4. The van der Waals surface area contributed by atoms with E-state index in [0.717, 1.165) is 10.4 Å². The lowest BCUT2D eigenvalue weighted by Gasteiger charge is -2.22. The Labute approximate surface area is 153 Å². The topological polar surface area (TPSA) is 75.7 Å². The van der Waals surface area contributed by atoms with Gasteiger partial charge >= 0.3 is 6.09 Å². The highest BCUT2D eigenvalue weighted by atomic mass is 79.9. The van der Waals surface area contributed by atoms with E-state index < -0.39 is 44.3 Å². The number of ether oxygens (including phenoxy) is 1. The summed E-state index contributed by atoms with van der Waals surface area (Å²) in [4.78, 5) is 11.2. The number of alkyl carbamates (subject to hydrolysis) is 1. The fourth-order valence-electron chi connectivity index (χ4n) is 2.38. The molecule has 1 aliphatic rings. The van der Waals surface area contributed by atoms with E-state index in [1.807, 2.05) is 0 Å². The molecular formula is C15H19BrF2N2O4S. The van der Waals surface area contributed by atoms with Crippen molar-refractivity contribution in [2.45, 2.75) is 43.7 Å². The zero-order chi connectivity index (χ0) is 19.0. The van der Waals surface area contributed by atoms with Gasteiger partial charge in [-0.1, -0.05) is 0 Å². The number of hydrogen-bond donors (Lipinski definition) is 1. The van der Waals surface area contributed by atoms with Gasteiger partial charge in [-0.3, -0.25) is 0 Å². The van der Waals surface area contributed by atoms with Crippen molar-refractivity contribution in [1.82, 2.24) is 9.62 Å². The third kappa shape index (κ3) is 4.89. The van der Waals surface area contributed by atoms with Crippen molar-refractivity contribution >= 4 is 32.0 Å². The first-order valence-electron chi connectivity index (χ1n) is 7.54. The van der Waals surface area contributed by atoms with Gasteiger partial charge in [0.15, 0.2) is 0 Å². The Hall–Kier alpha value is -1.26. The van der Waals surface area contributed by atoms with Crippen molar-refractivity contribution in [3.8, 4) is 0 Å². The SMILES string of the molecule is CC(C)(C)OC(=O)NC1CCN(S(=O)(=O)c2cc(Br)c(F)cc2F)C1. The number of benzene rings is 1. The van der Waals surface area contributed by atoms with Gasteiger partial charge in [0.05, 0.1) is 4.47 Å². The second-order valence-electron chi connectivity index (χ2n) is 6.69. The van der Waals surface area contributed by atoms with Crippen LogP contribution in [0, 0.1) is 11.6 Å². The van der Waals surface area contributed by atoms with Gasteiger partial charge in [0, 0.05) is 25.2 Å². The Morgan fingerprint density at radius 1 is 1.32 bits per heavy atom. The van der Waals surface area contributed by atoms with Crippen LogP contribution in [-0.4, -0.2) is 43.5 Å². The van der Waals surface area contributed by atoms with Crippen LogP contribution in [0.2, 0.25) is 0 Å². The number of halogens is 3. The molecule has 1 heterocycles. The molecule has 1 fully saturated rings. The molecule has 25 heavy (non-hydrogen) atoms. The maximum absolute atomic E-state index is 13.9. The van der Waals surface area contributed by atoms with E-state index in [0.29, 0.717) is 12.5 Å². The van der Waals surface area contributed by atoms with Crippen molar-refractivity contribution in [1.29, 1.82) is 0 Å². The standard InChI is InChI=1S/C15H19BrF2N2O4S/c1-15(2,3)24-14(21)19-9-4-5-20(8-9)25(22,23)13-6-10(16)11(17)7-12(13)18/h6-7,9H,4-5,8H2,1-3H3,(H,19,21). The summed E-state index contributed by atoms with van der Waals surface area (Å²) in [6.45, 7) is 5.24. The van der Waals surface area contributed by atoms with E-state index in [1.165, 1.54) is 0 Å². The molecule has 140 valence electrons. The molecule has 1 aromatic rings. The Morgan fingerprint density at radius 2 is 1.96 bits per heavy atom. The van der Waals surface area contributed by atoms with E-state index in [-0.39, 0.29) is 17.6 Å². The lowest BCUT2D eigenvalue weighted by Crippen LogP contribution is -2.41. The highest BCUT2D eigenvalue weighted by molar-refractivity contribution is 9.10. The monoisotopic (exact) mass is 440 g/mol. The number of rotatable bonds is 3. The van der Waals surface area contributed by atoms with Crippen molar-refractivity contribution < 1.29 is 26.7 Å². The summed E-state index contributed by atoms with van der Waals surface area (Å²) in [5, 5.41) is 2.59. The first-order valence-corrected chi connectivity index (χ1v) is 9.77. The van der Waals surface area contributed by atoms with Crippen LogP contribution in [0.3, 0.4) is 0 Å². The quantitative estimate of drug-likeness (QED) is 0.732. The number of nitrogens with one attached hydrogen (secondary N) is 1. The van der Waals surface area contributed by atoms with Crippen molar-refractivity contribution in [2.24, 2.45) is 0 Å². The number of amides is 1. The van der Waals surface area contributed by atoms with Gasteiger partial charge in [-0.2, -0.15) is 4.31 Å². The van der Waals surface area contributed by atoms with Gasteiger partial charge < -0.3 is 10.1 Å².